The molecule has 0 aromatic heterocycles. The third-order valence-electron chi connectivity index (χ3n) is 3.62. The number of hydrogen-bond donors (Lipinski definition) is 0. The fourth-order valence-electron chi connectivity index (χ4n) is 2.12. The molecule has 4 heteroatoms. The number of ether oxygens (including phenoxy) is 1. The third kappa shape index (κ3) is 4.86. The van der Waals surface area contributed by atoms with Gasteiger partial charge in [0.1, 0.15) is 5.75 Å². The smallest absolute Gasteiger partial charge is 0.260 e. The molecule has 0 unspecified atom stereocenters. The summed E-state index contributed by atoms with van der Waals surface area (Å²) in [5.74, 6) is 0.608. The summed E-state index contributed by atoms with van der Waals surface area (Å²) < 4.78 is 5.53. The van der Waals surface area contributed by atoms with Gasteiger partial charge in [0.05, 0.1) is 11.6 Å². The molecular formula is C19H20N2O2. The first-order valence-corrected chi connectivity index (χ1v) is 7.57. The zero-order valence-electron chi connectivity index (χ0n) is 13.5. The standard InChI is InChI=1S/C19H20N2O2/c1-3-15-8-10-18(11-9-15)23-14-19(22)21(2)13-17-6-4-16(12-20)5-7-17/h4-11H,3,13-14H2,1-2H3. The molecule has 118 valence electrons. The molecule has 2 aromatic carbocycles. The molecule has 0 saturated heterocycles. The first-order chi connectivity index (χ1) is 11.1. The van der Waals surface area contributed by atoms with E-state index in [4.69, 9.17) is 10.00 Å². The molecule has 2 rings (SSSR count). The first kappa shape index (κ1) is 16.6. The average Bonchev–Trinajstić information content (AvgIpc) is 2.60. The molecular weight excluding hydrogens is 288 g/mol. The van der Waals surface area contributed by atoms with Gasteiger partial charge in [-0.15, -0.1) is 0 Å². The molecule has 0 aliphatic carbocycles. The molecule has 0 bridgehead atoms. The summed E-state index contributed by atoms with van der Waals surface area (Å²) in [6, 6.07) is 17.0. The third-order valence-corrected chi connectivity index (χ3v) is 3.62. The Morgan fingerprint density at radius 1 is 1.09 bits per heavy atom. The quantitative estimate of drug-likeness (QED) is 0.823. The SMILES string of the molecule is CCc1ccc(OCC(=O)N(C)Cc2ccc(C#N)cc2)cc1. The van der Waals surface area contributed by atoms with Crippen LogP contribution in [0.15, 0.2) is 48.5 Å². The molecule has 0 saturated carbocycles. The number of benzene rings is 2. The van der Waals surface area contributed by atoms with Gasteiger partial charge in [-0.3, -0.25) is 4.79 Å². The van der Waals surface area contributed by atoms with Crippen molar-refractivity contribution in [3.05, 3.63) is 65.2 Å². The highest BCUT2D eigenvalue weighted by Gasteiger charge is 2.10. The van der Waals surface area contributed by atoms with Crippen molar-refractivity contribution in [1.29, 1.82) is 5.26 Å². The minimum absolute atomic E-state index is 0.0122. The van der Waals surface area contributed by atoms with E-state index in [1.807, 2.05) is 36.4 Å². The Labute approximate surface area is 136 Å². The number of carbonyl (C=O) groups is 1. The summed E-state index contributed by atoms with van der Waals surface area (Å²) >= 11 is 0. The minimum atomic E-state index is -0.0890. The normalized spacial score (nSPS) is 9.96. The molecule has 0 aliphatic rings. The van der Waals surface area contributed by atoms with E-state index in [0.717, 1.165) is 12.0 Å². The molecule has 0 atom stereocenters. The van der Waals surface area contributed by atoms with Crippen LogP contribution in [0.1, 0.15) is 23.6 Å². The van der Waals surface area contributed by atoms with Crippen molar-refractivity contribution in [2.45, 2.75) is 19.9 Å². The lowest BCUT2D eigenvalue weighted by molar-refractivity contribution is -0.132. The predicted octanol–water partition coefficient (Wildman–Crippen LogP) is 3.16. The van der Waals surface area contributed by atoms with Crippen molar-refractivity contribution in [3.63, 3.8) is 0 Å². The highest BCUT2D eigenvalue weighted by Crippen LogP contribution is 2.13. The number of aryl methyl sites for hydroxylation is 1. The lowest BCUT2D eigenvalue weighted by Crippen LogP contribution is -2.30. The van der Waals surface area contributed by atoms with E-state index in [-0.39, 0.29) is 12.5 Å². The second-order valence-corrected chi connectivity index (χ2v) is 5.34. The monoisotopic (exact) mass is 308 g/mol. The van der Waals surface area contributed by atoms with Gasteiger partial charge in [-0.2, -0.15) is 5.26 Å². The number of likely N-dealkylation sites (N-methyl/N-ethyl adjacent to an activating group) is 1. The molecule has 0 spiro atoms. The van der Waals surface area contributed by atoms with Crippen LogP contribution in [-0.4, -0.2) is 24.5 Å². The number of hydrogen-bond acceptors (Lipinski definition) is 3. The van der Waals surface area contributed by atoms with E-state index in [1.54, 1.807) is 24.1 Å². The van der Waals surface area contributed by atoms with Crippen molar-refractivity contribution in [3.8, 4) is 11.8 Å². The fraction of sp³-hybridized carbons (Fsp3) is 0.263. The predicted molar refractivity (Wildman–Crippen MR) is 88.9 cm³/mol. The summed E-state index contributed by atoms with van der Waals surface area (Å²) in [6.07, 6.45) is 0.979. The van der Waals surface area contributed by atoms with E-state index >= 15 is 0 Å². The van der Waals surface area contributed by atoms with Crippen LogP contribution in [0.3, 0.4) is 0 Å². The Bertz CT molecular complexity index is 685. The van der Waals surface area contributed by atoms with Crippen molar-refractivity contribution in [1.82, 2.24) is 4.90 Å². The van der Waals surface area contributed by atoms with E-state index in [2.05, 4.69) is 13.0 Å². The fourth-order valence-corrected chi connectivity index (χ4v) is 2.12. The molecule has 0 radical (unpaired) electrons. The van der Waals surface area contributed by atoms with Crippen molar-refractivity contribution in [2.75, 3.05) is 13.7 Å². The summed E-state index contributed by atoms with van der Waals surface area (Å²) in [5.41, 5.74) is 2.83. The van der Waals surface area contributed by atoms with Crippen LogP contribution in [0.5, 0.6) is 5.75 Å². The van der Waals surface area contributed by atoms with E-state index in [1.165, 1.54) is 5.56 Å². The summed E-state index contributed by atoms with van der Waals surface area (Å²) in [5, 5.41) is 8.78. The van der Waals surface area contributed by atoms with Crippen LogP contribution in [0, 0.1) is 11.3 Å². The Hall–Kier alpha value is -2.80. The van der Waals surface area contributed by atoms with Gasteiger partial charge in [0.2, 0.25) is 0 Å². The number of rotatable bonds is 6. The molecule has 0 N–H and O–H groups in total. The number of carbonyl (C=O) groups excluding carboxylic acids is 1. The van der Waals surface area contributed by atoms with Gasteiger partial charge in [0.25, 0.3) is 5.91 Å². The maximum Gasteiger partial charge on any atom is 0.260 e. The zero-order valence-corrected chi connectivity index (χ0v) is 13.5. The molecule has 0 fully saturated rings. The molecule has 0 heterocycles. The van der Waals surface area contributed by atoms with Gasteiger partial charge in [-0.25, -0.2) is 0 Å². The van der Waals surface area contributed by atoms with Gasteiger partial charge in [0, 0.05) is 13.6 Å². The summed E-state index contributed by atoms with van der Waals surface area (Å²) in [7, 11) is 1.74. The van der Waals surface area contributed by atoms with E-state index in [0.29, 0.717) is 17.9 Å². The van der Waals surface area contributed by atoms with Gasteiger partial charge < -0.3 is 9.64 Å². The Morgan fingerprint density at radius 2 is 1.70 bits per heavy atom. The van der Waals surface area contributed by atoms with Crippen LogP contribution >= 0.6 is 0 Å². The van der Waals surface area contributed by atoms with Crippen LogP contribution in [0.2, 0.25) is 0 Å². The number of nitrogens with zero attached hydrogens (tertiary/aromatic N) is 2. The Morgan fingerprint density at radius 3 is 2.26 bits per heavy atom. The van der Waals surface area contributed by atoms with E-state index in [9.17, 15) is 4.79 Å². The number of amides is 1. The summed E-state index contributed by atoms with van der Waals surface area (Å²) in [6.45, 7) is 2.60. The largest absolute Gasteiger partial charge is 0.484 e. The lowest BCUT2D eigenvalue weighted by Gasteiger charge is -2.17. The maximum atomic E-state index is 12.1. The molecule has 1 amide bonds. The van der Waals surface area contributed by atoms with Crippen molar-refractivity contribution < 1.29 is 9.53 Å². The van der Waals surface area contributed by atoms with Gasteiger partial charge in [-0.05, 0) is 41.8 Å². The molecule has 2 aromatic rings. The first-order valence-electron chi connectivity index (χ1n) is 7.57. The molecule has 4 nitrogen and oxygen atoms in total. The maximum absolute atomic E-state index is 12.1. The second-order valence-electron chi connectivity index (χ2n) is 5.34. The zero-order chi connectivity index (χ0) is 16.7. The Balaban J connectivity index is 1.85. The van der Waals surface area contributed by atoms with E-state index < -0.39 is 0 Å². The number of nitriles is 1. The van der Waals surface area contributed by atoms with Crippen molar-refractivity contribution in [2.24, 2.45) is 0 Å². The lowest BCUT2D eigenvalue weighted by atomic mass is 10.1. The highest BCUT2D eigenvalue weighted by molar-refractivity contribution is 5.77. The van der Waals surface area contributed by atoms with Gasteiger partial charge in [0.15, 0.2) is 6.61 Å². The average molecular weight is 308 g/mol. The molecule has 0 aliphatic heterocycles. The topological polar surface area (TPSA) is 53.3 Å². The Kier molecular flexibility index (Phi) is 5.76. The van der Waals surface area contributed by atoms with Gasteiger partial charge in [-0.1, -0.05) is 31.2 Å². The minimum Gasteiger partial charge on any atom is -0.484 e. The molecule has 23 heavy (non-hydrogen) atoms. The van der Waals surface area contributed by atoms with Crippen LogP contribution in [0.4, 0.5) is 0 Å². The van der Waals surface area contributed by atoms with Crippen molar-refractivity contribution >= 4 is 5.91 Å². The van der Waals surface area contributed by atoms with Crippen LogP contribution in [0.25, 0.3) is 0 Å². The van der Waals surface area contributed by atoms with Crippen LogP contribution in [-0.2, 0) is 17.8 Å². The van der Waals surface area contributed by atoms with Gasteiger partial charge >= 0.3 is 0 Å². The highest BCUT2D eigenvalue weighted by atomic mass is 16.5. The summed E-state index contributed by atoms with van der Waals surface area (Å²) in [4.78, 5) is 13.7. The van der Waals surface area contributed by atoms with Crippen LogP contribution < -0.4 is 4.74 Å². The second kappa shape index (κ2) is 8.00.